The molecule has 1 saturated carbocycles. The molecule has 13 heavy (non-hydrogen) atoms. The van der Waals surface area contributed by atoms with E-state index >= 15 is 0 Å². The summed E-state index contributed by atoms with van der Waals surface area (Å²) in [6, 6.07) is 6.65. The van der Waals surface area contributed by atoms with Gasteiger partial charge in [-0.25, -0.2) is 4.39 Å². The first kappa shape index (κ1) is 8.70. The molecular formula is C11H14FN. The zero-order valence-electron chi connectivity index (χ0n) is 7.76. The van der Waals surface area contributed by atoms with E-state index in [1.165, 1.54) is 12.1 Å². The Morgan fingerprint density at radius 2 is 1.85 bits per heavy atom. The summed E-state index contributed by atoms with van der Waals surface area (Å²) in [6.45, 7) is 2.11. The molecule has 1 aromatic rings. The Bertz CT molecular complexity index is 300. The van der Waals surface area contributed by atoms with Gasteiger partial charge in [-0.15, -0.1) is 0 Å². The van der Waals surface area contributed by atoms with Crippen LogP contribution in [0.5, 0.6) is 0 Å². The van der Waals surface area contributed by atoms with Crippen LogP contribution in [0.15, 0.2) is 24.3 Å². The molecule has 1 unspecified atom stereocenters. The van der Waals surface area contributed by atoms with Crippen LogP contribution in [0.3, 0.4) is 0 Å². The van der Waals surface area contributed by atoms with Gasteiger partial charge in [0.1, 0.15) is 5.82 Å². The van der Waals surface area contributed by atoms with Gasteiger partial charge in [0.2, 0.25) is 0 Å². The van der Waals surface area contributed by atoms with Gasteiger partial charge in [0.25, 0.3) is 0 Å². The van der Waals surface area contributed by atoms with Crippen molar-refractivity contribution in [2.24, 2.45) is 5.73 Å². The number of hydrogen-bond donors (Lipinski definition) is 1. The van der Waals surface area contributed by atoms with E-state index in [0.29, 0.717) is 5.92 Å². The molecule has 2 heteroatoms. The summed E-state index contributed by atoms with van der Waals surface area (Å²) in [5.74, 6) is 0.158. The molecule has 1 aromatic carbocycles. The van der Waals surface area contributed by atoms with Crippen molar-refractivity contribution < 1.29 is 4.39 Å². The zero-order chi connectivity index (χ0) is 9.47. The molecule has 0 saturated heterocycles. The summed E-state index contributed by atoms with van der Waals surface area (Å²) in [4.78, 5) is 0. The summed E-state index contributed by atoms with van der Waals surface area (Å²) in [7, 11) is 0. The molecule has 1 aliphatic carbocycles. The number of rotatable bonds is 2. The largest absolute Gasteiger partial charge is 0.325 e. The van der Waals surface area contributed by atoms with Crippen molar-refractivity contribution in [2.45, 2.75) is 31.2 Å². The molecule has 0 bridgehead atoms. The molecule has 0 amide bonds. The van der Waals surface area contributed by atoms with Gasteiger partial charge in [-0.3, -0.25) is 0 Å². The normalized spacial score (nSPS) is 21.2. The molecule has 0 heterocycles. The fourth-order valence-corrected chi connectivity index (χ4v) is 1.66. The van der Waals surface area contributed by atoms with Gasteiger partial charge >= 0.3 is 0 Å². The standard InChI is InChI=1S/C11H14FN/c1-8(11(13)6-7-11)9-2-4-10(12)5-3-9/h2-5,8H,6-7,13H2,1H3. The minimum absolute atomic E-state index is 0.0160. The van der Waals surface area contributed by atoms with Crippen LogP contribution >= 0.6 is 0 Å². The van der Waals surface area contributed by atoms with E-state index in [0.717, 1.165) is 18.4 Å². The fraction of sp³-hybridized carbons (Fsp3) is 0.455. The second-order valence-electron chi connectivity index (χ2n) is 4.01. The molecule has 2 rings (SSSR count). The van der Waals surface area contributed by atoms with Gasteiger partial charge in [-0.05, 0) is 36.5 Å². The maximum Gasteiger partial charge on any atom is 0.123 e. The van der Waals surface area contributed by atoms with Crippen LogP contribution in [-0.2, 0) is 0 Å². The van der Waals surface area contributed by atoms with Gasteiger partial charge < -0.3 is 5.73 Å². The lowest BCUT2D eigenvalue weighted by Crippen LogP contribution is -2.28. The number of benzene rings is 1. The Kier molecular flexibility index (Phi) is 1.88. The van der Waals surface area contributed by atoms with E-state index in [-0.39, 0.29) is 11.4 Å². The van der Waals surface area contributed by atoms with Crippen LogP contribution in [0.25, 0.3) is 0 Å². The fourth-order valence-electron chi connectivity index (χ4n) is 1.66. The molecule has 0 aromatic heterocycles. The van der Waals surface area contributed by atoms with Crippen molar-refractivity contribution in [1.82, 2.24) is 0 Å². The molecule has 0 radical (unpaired) electrons. The van der Waals surface area contributed by atoms with Crippen LogP contribution in [0.2, 0.25) is 0 Å². The summed E-state index contributed by atoms with van der Waals surface area (Å²) in [6.07, 6.45) is 2.18. The SMILES string of the molecule is CC(c1ccc(F)cc1)C1(N)CC1. The Labute approximate surface area is 77.8 Å². The number of nitrogens with two attached hydrogens (primary N) is 1. The van der Waals surface area contributed by atoms with Crippen molar-refractivity contribution >= 4 is 0 Å². The maximum absolute atomic E-state index is 12.6. The molecular weight excluding hydrogens is 165 g/mol. The summed E-state index contributed by atoms with van der Waals surface area (Å²) < 4.78 is 12.6. The highest BCUT2D eigenvalue weighted by atomic mass is 19.1. The van der Waals surface area contributed by atoms with E-state index in [9.17, 15) is 4.39 Å². The van der Waals surface area contributed by atoms with Crippen molar-refractivity contribution in [3.63, 3.8) is 0 Å². The maximum atomic E-state index is 12.6. The zero-order valence-corrected chi connectivity index (χ0v) is 7.76. The first-order chi connectivity index (χ1) is 6.12. The van der Waals surface area contributed by atoms with Crippen molar-refractivity contribution in [3.8, 4) is 0 Å². The Morgan fingerprint density at radius 3 is 2.31 bits per heavy atom. The van der Waals surface area contributed by atoms with Crippen LogP contribution in [0.1, 0.15) is 31.2 Å². The Morgan fingerprint density at radius 1 is 1.31 bits per heavy atom. The first-order valence-electron chi connectivity index (χ1n) is 4.66. The van der Waals surface area contributed by atoms with E-state index in [1.54, 1.807) is 0 Å². The van der Waals surface area contributed by atoms with E-state index < -0.39 is 0 Å². The molecule has 1 fully saturated rings. The monoisotopic (exact) mass is 179 g/mol. The van der Waals surface area contributed by atoms with Gasteiger partial charge in [0.05, 0.1) is 0 Å². The van der Waals surface area contributed by atoms with Crippen LogP contribution in [0.4, 0.5) is 4.39 Å². The second-order valence-corrected chi connectivity index (χ2v) is 4.01. The van der Waals surface area contributed by atoms with Gasteiger partial charge in [0, 0.05) is 5.54 Å². The van der Waals surface area contributed by atoms with E-state index in [1.807, 2.05) is 12.1 Å². The summed E-state index contributed by atoms with van der Waals surface area (Å²) in [5.41, 5.74) is 7.19. The van der Waals surface area contributed by atoms with Gasteiger partial charge in [-0.1, -0.05) is 19.1 Å². The van der Waals surface area contributed by atoms with Crippen molar-refractivity contribution in [2.75, 3.05) is 0 Å². The summed E-state index contributed by atoms with van der Waals surface area (Å²) >= 11 is 0. The predicted octanol–water partition coefficient (Wildman–Crippen LogP) is 2.42. The third-order valence-electron chi connectivity index (χ3n) is 3.06. The highest BCUT2D eigenvalue weighted by molar-refractivity contribution is 5.26. The molecule has 0 aliphatic heterocycles. The summed E-state index contributed by atoms with van der Waals surface area (Å²) in [5, 5.41) is 0. The quantitative estimate of drug-likeness (QED) is 0.741. The van der Waals surface area contributed by atoms with Crippen LogP contribution in [0, 0.1) is 5.82 Å². The molecule has 2 N–H and O–H groups in total. The molecule has 1 nitrogen and oxygen atoms in total. The number of halogens is 1. The highest BCUT2D eigenvalue weighted by Crippen LogP contribution is 2.44. The van der Waals surface area contributed by atoms with Crippen molar-refractivity contribution in [3.05, 3.63) is 35.6 Å². The van der Waals surface area contributed by atoms with Crippen molar-refractivity contribution in [1.29, 1.82) is 0 Å². The highest BCUT2D eigenvalue weighted by Gasteiger charge is 2.43. The van der Waals surface area contributed by atoms with Crippen LogP contribution < -0.4 is 5.73 Å². The smallest absolute Gasteiger partial charge is 0.123 e. The molecule has 1 atom stereocenters. The average molecular weight is 179 g/mol. The second kappa shape index (κ2) is 2.81. The third kappa shape index (κ3) is 1.59. The molecule has 70 valence electrons. The lowest BCUT2D eigenvalue weighted by molar-refractivity contribution is 0.555. The minimum atomic E-state index is -0.183. The minimum Gasteiger partial charge on any atom is -0.325 e. The topological polar surface area (TPSA) is 26.0 Å². The Balaban J connectivity index is 2.20. The van der Waals surface area contributed by atoms with Crippen LogP contribution in [-0.4, -0.2) is 5.54 Å². The Hall–Kier alpha value is -0.890. The molecule has 0 spiro atoms. The average Bonchev–Trinajstić information content (AvgIpc) is 2.85. The lowest BCUT2D eigenvalue weighted by atomic mass is 9.92. The molecule has 1 aliphatic rings. The van der Waals surface area contributed by atoms with E-state index in [4.69, 9.17) is 5.73 Å². The van der Waals surface area contributed by atoms with Gasteiger partial charge in [0.15, 0.2) is 0 Å². The number of hydrogen-bond acceptors (Lipinski definition) is 1. The lowest BCUT2D eigenvalue weighted by Gasteiger charge is -2.18. The van der Waals surface area contributed by atoms with Gasteiger partial charge in [-0.2, -0.15) is 0 Å². The predicted molar refractivity (Wildman–Crippen MR) is 51.0 cm³/mol. The first-order valence-corrected chi connectivity index (χ1v) is 4.66. The van der Waals surface area contributed by atoms with E-state index in [2.05, 4.69) is 6.92 Å². The third-order valence-corrected chi connectivity index (χ3v) is 3.06.